The van der Waals surface area contributed by atoms with E-state index in [0.717, 1.165) is 16.2 Å². The van der Waals surface area contributed by atoms with Crippen LogP contribution in [0.2, 0.25) is 0 Å². The zero-order valence-corrected chi connectivity index (χ0v) is 11.6. The highest BCUT2D eigenvalue weighted by Gasteiger charge is 2.02. The van der Waals surface area contributed by atoms with Gasteiger partial charge in [-0.05, 0) is 24.4 Å². The van der Waals surface area contributed by atoms with E-state index in [1.807, 2.05) is 30.5 Å². The number of carbonyl (C=O) groups is 1. The fourth-order valence-corrected chi connectivity index (χ4v) is 2.41. The van der Waals surface area contributed by atoms with Gasteiger partial charge in [0.2, 0.25) is 5.91 Å². The van der Waals surface area contributed by atoms with Crippen molar-refractivity contribution in [1.82, 2.24) is 14.6 Å². The molecule has 0 atom stereocenters. The number of hydrogen-bond donors (Lipinski definition) is 1. The molecule has 3 aromatic heterocycles. The zero-order valence-electron chi connectivity index (χ0n) is 10.8. The minimum absolute atomic E-state index is 0.191. The fraction of sp³-hybridized carbons (Fsp3) is 0.0714. The zero-order chi connectivity index (χ0) is 13.9. The van der Waals surface area contributed by atoms with Crippen LogP contribution in [0.4, 0.5) is 5.69 Å². The quantitative estimate of drug-likeness (QED) is 0.752. The van der Waals surface area contributed by atoms with Crippen molar-refractivity contribution in [2.24, 2.45) is 0 Å². The number of hydrogen-bond acceptors (Lipinski definition) is 4. The largest absolute Gasteiger partial charge is 0.320 e. The van der Waals surface area contributed by atoms with Gasteiger partial charge in [-0.2, -0.15) is 5.10 Å². The smallest absolute Gasteiger partial charge is 0.248 e. The molecule has 3 heterocycles. The van der Waals surface area contributed by atoms with Crippen molar-refractivity contribution in [2.45, 2.75) is 6.92 Å². The number of fused-ring (bicyclic) bond motifs is 1. The third kappa shape index (κ3) is 2.75. The monoisotopic (exact) mass is 284 g/mol. The Morgan fingerprint density at radius 2 is 2.40 bits per heavy atom. The normalized spacial score (nSPS) is 11.2. The Labute approximate surface area is 119 Å². The first-order valence-electron chi connectivity index (χ1n) is 6.05. The molecule has 0 aliphatic rings. The van der Waals surface area contributed by atoms with E-state index in [9.17, 15) is 4.79 Å². The lowest BCUT2D eigenvalue weighted by molar-refractivity contribution is -0.111. The molecule has 0 unspecified atom stereocenters. The highest BCUT2D eigenvalue weighted by atomic mass is 32.1. The molecule has 0 aliphatic carbocycles. The van der Waals surface area contributed by atoms with Crippen LogP contribution in [0.1, 0.15) is 10.6 Å². The van der Waals surface area contributed by atoms with Crippen LogP contribution in [0.25, 0.3) is 11.7 Å². The van der Waals surface area contributed by atoms with Crippen LogP contribution in [0.5, 0.6) is 0 Å². The average molecular weight is 284 g/mol. The van der Waals surface area contributed by atoms with Crippen LogP contribution in [-0.2, 0) is 4.79 Å². The topological polar surface area (TPSA) is 59.3 Å². The van der Waals surface area contributed by atoms with Crippen molar-refractivity contribution in [1.29, 1.82) is 0 Å². The molecule has 0 saturated carbocycles. The van der Waals surface area contributed by atoms with Crippen LogP contribution >= 0.6 is 11.3 Å². The summed E-state index contributed by atoms with van der Waals surface area (Å²) in [5, 5.41) is 8.98. The molecular weight excluding hydrogens is 272 g/mol. The van der Waals surface area contributed by atoms with Gasteiger partial charge >= 0.3 is 0 Å². The van der Waals surface area contributed by atoms with Crippen LogP contribution in [0.15, 0.2) is 42.0 Å². The second-order valence-electron chi connectivity index (χ2n) is 4.27. The predicted molar refractivity (Wildman–Crippen MR) is 79.7 cm³/mol. The summed E-state index contributed by atoms with van der Waals surface area (Å²) in [6, 6.07) is 5.77. The molecule has 0 bridgehead atoms. The Hall–Kier alpha value is -2.47. The van der Waals surface area contributed by atoms with Gasteiger partial charge in [0.1, 0.15) is 0 Å². The van der Waals surface area contributed by atoms with E-state index in [1.54, 1.807) is 34.3 Å². The van der Waals surface area contributed by atoms with E-state index >= 15 is 0 Å². The maximum absolute atomic E-state index is 11.8. The van der Waals surface area contributed by atoms with Crippen LogP contribution in [-0.4, -0.2) is 20.5 Å². The van der Waals surface area contributed by atoms with Crippen molar-refractivity contribution in [2.75, 3.05) is 5.32 Å². The van der Waals surface area contributed by atoms with E-state index in [0.29, 0.717) is 5.69 Å². The number of rotatable bonds is 3. The third-order valence-electron chi connectivity index (χ3n) is 2.65. The molecule has 0 spiro atoms. The number of thiophene rings is 1. The lowest BCUT2D eigenvalue weighted by Gasteiger charge is -2.01. The highest BCUT2D eigenvalue weighted by molar-refractivity contribution is 7.10. The Morgan fingerprint density at radius 3 is 3.20 bits per heavy atom. The second kappa shape index (κ2) is 5.26. The summed E-state index contributed by atoms with van der Waals surface area (Å²) in [6.07, 6.45) is 6.65. The molecule has 100 valence electrons. The number of aryl methyl sites for hydroxylation is 1. The first-order valence-corrected chi connectivity index (χ1v) is 6.93. The van der Waals surface area contributed by atoms with Crippen molar-refractivity contribution >= 4 is 34.7 Å². The molecule has 5 nitrogen and oxygen atoms in total. The number of nitrogens with zero attached hydrogens (tertiary/aromatic N) is 3. The van der Waals surface area contributed by atoms with Crippen LogP contribution in [0, 0.1) is 6.92 Å². The van der Waals surface area contributed by atoms with Crippen molar-refractivity contribution in [3.63, 3.8) is 0 Å². The summed E-state index contributed by atoms with van der Waals surface area (Å²) >= 11 is 1.58. The van der Waals surface area contributed by atoms with Gasteiger partial charge in [-0.1, -0.05) is 6.07 Å². The van der Waals surface area contributed by atoms with E-state index in [-0.39, 0.29) is 5.91 Å². The second-order valence-corrected chi connectivity index (χ2v) is 5.25. The lowest BCUT2D eigenvalue weighted by Crippen LogP contribution is -2.09. The third-order valence-corrected chi connectivity index (χ3v) is 3.48. The molecule has 3 aromatic rings. The van der Waals surface area contributed by atoms with Gasteiger partial charge in [-0.3, -0.25) is 4.79 Å². The first kappa shape index (κ1) is 12.6. The van der Waals surface area contributed by atoms with Crippen molar-refractivity contribution in [3.05, 3.63) is 52.6 Å². The van der Waals surface area contributed by atoms with Crippen molar-refractivity contribution in [3.8, 4) is 0 Å². The molecule has 3 rings (SSSR count). The summed E-state index contributed by atoms with van der Waals surface area (Å²) in [5.41, 5.74) is 2.26. The molecule has 0 aliphatic heterocycles. The summed E-state index contributed by atoms with van der Waals surface area (Å²) in [5.74, 6) is -0.191. The number of carbonyl (C=O) groups excluding carboxylic acids is 1. The van der Waals surface area contributed by atoms with E-state index < -0.39 is 0 Å². The molecule has 0 saturated heterocycles. The number of anilines is 1. The minimum Gasteiger partial charge on any atom is -0.320 e. The Morgan fingerprint density at radius 1 is 1.50 bits per heavy atom. The molecule has 20 heavy (non-hydrogen) atoms. The Bertz CT molecular complexity index is 774. The summed E-state index contributed by atoms with van der Waals surface area (Å²) in [6.45, 7) is 1.90. The van der Waals surface area contributed by atoms with Crippen LogP contribution < -0.4 is 5.32 Å². The summed E-state index contributed by atoms with van der Waals surface area (Å²) in [7, 11) is 0. The standard InChI is InChI=1S/C14H12N4OS/c1-10-7-13-15-8-11(9-18(13)17-10)16-14(19)5-4-12-3-2-6-20-12/h2-9H,1H3,(H,16,19)/b5-4+. The van der Waals surface area contributed by atoms with E-state index in [4.69, 9.17) is 0 Å². The lowest BCUT2D eigenvalue weighted by atomic mass is 10.4. The van der Waals surface area contributed by atoms with E-state index in [2.05, 4.69) is 15.4 Å². The minimum atomic E-state index is -0.191. The van der Waals surface area contributed by atoms with Gasteiger partial charge in [0, 0.05) is 17.0 Å². The molecule has 0 fully saturated rings. The Kier molecular flexibility index (Phi) is 3.30. The molecular formula is C14H12N4OS. The average Bonchev–Trinajstić information content (AvgIpc) is 3.04. The van der Waals surface area contributed by atoms with E-state index in [1.165, 1.54) is 6.08 Å². The van der Waals surface area contributed by atoms with Gasteiger partial charge < -0.3 is 5.32 Å². The van der Waals surface area contributed by atoms with Crippen molar-refractivity contribution < 1.29 is 4.79 Å². The summed E-state index contributed by atoms with van der Waals surface area (Å²) in [4.78, 5) is 17.1. The molecule has 0 aromatic carbocycles. The molecule has 6 heteroatoms. The first-order chi connectivity index (χ1) is 9.70. The fourth-order valence-electron chi connectivity index (χ4n) is 1.79. The molecule has 1 N–H and O–H groups in total. The van der Waals surface area contributed by atoms with Gasteiger partial charge in [-0.25, -0.2) is 9.50 Å². The maximum Gasteiger partial charge on any atom is 0.248 e. The molecule has 1 amide bonds. The number of aromatic nitrogens is 3. The Balaban J connectivity index is 1.73. The maximum atomic E-state index is 11.8. The van der Waals surface area contributed by atoms with Gasteiger partial charge in [0.05, 0.1) is 23.8 Å². The predicted octanol–water partition coefficient (Wildman–Crippen LogP) is 2.75. The number of nitrogens with one attached hydrogen (secondary N) is 1. The van der Waals surface area contributed by atoms with Gasteiger partial charge in [0.25, 0.3) is 0 Å². The van der Waals surface area contributed by atoms with Crippen LogP contribution in [0.3, 0.4) is 0 Å². The van der Waals surface area contributed by atoms with Gasteiger partial charge in [0.15, 0.2) is 5.65 Å². The summed E-state index contributed by atoms with van der Waals surface area (Å²) < 4.78 is 1.65. The van der Waals surface area contributed by atoms with Gasteiger partial charge in [-0.15, -0.1) is 11.3 Å². The number of amides is 1. The molecule has 0 radical (unpaired) electrons. The SMILES string of the molecule is Cc1cc2ncc(NC(=O)/C=C/c3cccs3)cn2n1. The highest BCUT2D eigenvalue weighted by Crippen LogP contribution is 2.11.